The molecule has 0 radical (unpaired) electrons. The van der Waals surface area contributed by atoms with Gasteiger partial charge in [-0.05, 0) is 43.4 Å². The van der Waals surface area contributed by atoms with Gasteiger partial charge in [0.15, 0.2) is 0 Å². The lowest BCUT2D eigenvalue weighted by atomic mass is 10.1. The van der Waals surface area contributed by atoms with E-state index in [-0.39, 0.29) is 18.4 Å². The van der Waals surface area contributed by atoms with Crippen molar-refractivity contribution in [3.8, 4) is 0 Å². The lowest BCUT2D eigenvalue weighted by Crippen LogP contribution is -2.36. The molecule has 2 N–H and O–H groups in total. The Bertz CT molecular complexity index is 747. The van der Waals surface area contributed by atoms with E-state index >= 15 is 0 Å². The number of hydrogen-bond donors (Lipinski definition) is 2. The summed E-state index contributed by atoms with van der Waals surface area (Å²) in [7, 11) is 4.01. The van der Waals surface area contributed by atoms with Gasteiger partial charge in [-0.15, -0.1) is 0 Å². The van der Waals surface area contributed by atoms with Gasteiger partial charge in [0.25, 0.3) is 5.91 Å². The minimum atomic E-state index is -0.274. The molecule has 2 aromatic rings. The fourth-order valence-electron chi connectivity index (χ4n) is 2.37. The maximum Gasteiger partial charge on any atom is 0.251 e. The first kappa shape index (κ1) is 19.1. The summed E-state index contributed by atoms with van der Waals surface area (Å²) < 4.78 is 0.821. The van der Waals surface area contributed by atoms with Gasteiger partial charge in [0.1, 0.15) is 0 Å². The smallest absolute Gasteiger partial charge is 0.251 e. The highest BCUT2D eigenvalue weighted by Gasteiger charge is 2.09. The molecule has 0 bridgehead atoms. The number of nitrogens with zero attached hydrogens (tertiary/aromatic N) is 1. The normalized spacial score (nSPS) is 10.6. The molecule has 0 aliphatic rings. The molecule has 2 amide bonds. The van der Waals surface area contributed by atoms with Crippen LogP contribution >= 0.6 is 15.9 Å². The third kappa shape index (κ3) is 6.32. The van der Waals surface area contributed by atoms with Gasteiger partial charge in [-0.25, -0.2) is 0 Å². The van der Waals surface area contributed by atoms with Crippen molar-refractivity contribution in [2.45, 2.75) is 13.1 Å². The van der Waals surface area contributed by atoms with Crippen molar-refractivity contribution in [2.75, 3.05) is 20.6 Å². The molecule has 0 unspecified atom stereocenters. The van der Waals surface area contributed by atoms with Gasteiger partial charge < -0.3 is 15.5 Å². The van der Waals surface area contributed by atoms with E-state index in [0.717, 1.165) is 16.6 Å². The van der Waals surface area contributed by atoms with Crippen molar-refractivity contribution in [1.82, 2.24) is 15.5 Å². The number of benzene rings is 2. The van der Waals surface area contributed by atoms with Crippen LogP contribution in [0.15, 0.2) is 53.0 Å². The van der Waals surface area contributed by atoms with E-state index in [1.807, 2.05) is 38.4 Å². The molecule has 2 rings (SSSR count). The maximum absolute atomic E-state index is 12.0. The Morgan fingerprint density at radius 1 is 1.00 bits per heavy atom. The van der Waals surface area contributed by atoms with Crippen LogP contribution in [0.4, 0.5) is 0 Å². The zero-order chi connectivity index (χ0) is 18.2. The topological polar surface area (TPSA) is 61.4 Å². The van der Waals surface area contributed by atoms with Crippen molar-refractivity contribution in [1.29, 1.82) is 0 Å². The Labute approximate surface area is 156 Å². The van der Waals surface area contributed by atoms with Crippen LogP contribution < -0.4 is 10.6 Å². The molecule has 0 saturated carbocycles. The molecule has 25 heavy (non-hydrogen) atoms. The van der Waals surface area contributed by atoms with Crippen LogP contribution in [0.1, 0.15) is 21.5 Å². The fraction of sp³-hybridized carbons (Fsp3) is 0.263. The van der Waals surface area contributed by atoms with Crippen LogP contribution in [0.3, 0.4) is 0 Å². The quantitative estimate of drug-likeness (QED) is 0.746. The van der Waals surface area contributed by atoms with E-state index < -0.39 is 0 Å². The predicted molar refractivity (Wildman–Crippen MR) is 102 cm³/mol. The Morgan fingerprint density at radius 2 is 1.72 bits per heavy atom. The minimum Gasteiger partial charge on any atom is -0.350 e. The molecular weight excluding hydrogens is 382 g/mol. The summed E-state index contributed by atoms with van der Waals surface area (Å²) in [6.07, 6.45) is 0. The molecule has 0 aliphatic heterocycles. The second-order valence-electron chi connectivity index (χ2n) is 5.98. The molecule has 0 atom stereocenters. The summed E-state index contributed by atoms with van der Waals surface area (Å²) in [5.41, 5.74) is 2.76. The van der Waals surface area contributed by atoms with Crippen LogP contribution in [-0.2, 0) is 17.9 Å². The van der Waals surface area contributed by atoms with Crippen molar-refractivity contribution in [2.24, 2.45) is 0 Å². The van der Waals surface area contributed by atoms with E-state index in [1.165, 1.54) is 5.56 Å². The number of amides is 2. The van der Waals surface area contributed by atoms with Crippen molar-refractivity contribution in [3.05, 3.63) is 69.7 Å². The summed E-state index contributed by atoms with van der Waals surface area (Å²) >= 11 is 3.32. The number of rotatable bonds is 7. The Kier molecular flexibility index (Phi) is 7.16. The molecular formula is C19H22BrN3O2. The second-order valence-corrected chi connectivity index (χ2v) is 6.89. The largest absolute Gasteiger partial charge is 0.350 e. The standard InChI is InChI=1S/C19H22BrN3O2/c1-23(2)13-16-7-4-3-6-15(16)11-21-18(24)12-22-19(25)14-8-5-9-17(20)10-14/h3-10H,11-13H2,1-2H3,(H,21,24)(H,22,25). The summed E-state index contributed by atoms with van der Waals surface area (Å²) in [6.45, 7) is 1.20. The average Bonchev–Trinajstić information content (AvgIpc) is 2.58. The van der Waals surface area contributed by atoms with Gasteiger partial charge >= 0.3 is 0 Å². The highest BCUT2D eigenvalue weighted by Crippen LogP contribution is 2.11. The number of carbonyl (C=O) groups excluding carboxylic acids is 2. The summed E-state index contributed by atoms with van der Waals surface area (Å²) in [6, 6.07) is 15.0. The van der Waals surface area contributed by atoms with E-state index in [1.54, 1.807) is 18.2 Å². The fourth-order valence-corrected chi connectivity index (χ4v) is 2.77. The SMILES string of the molecule is CN(C)Cc1ccccc1CNC(=O)CNC(=O)c1cccc(Br)c1. The first-order chi connectivity index (χ1) is 12.0. The van der Waals surface area contributed by atoms with Crippen LogP contribution in [0.25, 0.3) is 0 Å². The van der Waals surface area contributed by atoms with E-state index in [4.69, 9.17) is 0 Å². The number of hydrogen-bond acceptors (Lipinski definition) is 3. The molecule has 0 aliphatic carbocycles. The van der Waals surface area contributed by atoms with Gasteiger partial charge in [-0.3, -0.25) is 9.59 Å². The molecule has 0 saturated heterocycles. The summed E-state index contributed by atoms with van der Waals surface area (Å²) in [5, 5.41) is 5.48. The summed E-state index contributed by atoms with van der Waals surface area (Å²) in [4.78, 5) is 26.1. The minimum absolute atomic E-state index is 0.0544. The van der Waals surface area contributed by atoms with Gasteiger partial charge in [0.05, 0.1) is 6.54 Å². The van der Waals surface area contributed by atoms with Gasteiger partial charge in [-0.2, -0.15) is 0 Å². The van der Waals surface area contributed by atoms with Crippen molar-refractivity contribution in [3.63, 3.8) is 0 Å². The lowest BCUT2D eigenvalue weighted by molar-refractivity contribution is -0.120. The van der Waals surface area contributed by atoms with Crippen molar-refractivity contribution >= 4 is 27.7 Å². The molecule has 0 aromatic heterocycles. The highest BCUT2D eigenvalue weighted by atomic mass is 79.9. The first-order valence-electron chi connectivity index (χ1n) is 7.97. The van der Waals surface area contributed by atoms with Crippen LogP contribution in [0.5, 0.6) is 0 Å². The average molecular weight is 404 g/mol. The third-order valence-corrected chi connectivity index (χ3v) is 4.07. The second kappa shape index (κ2) is 9.34. The number of nitrogens with one attached hydrogen (secondary N) is 2. The highest BCUT2D eigenvalue weighted by molar-refractivity contribution is 9.10. The number of carbonyl (C=O) groups is 2. The molecule has 132 valence electrons. The Hall–Kier alpha value is -2.18. The first-order valence-corrected chi connectivity index (χ1v) is 8.77. The van der Waals surface area contributed by atoms with Crippen molar-refractivity contribution < 1.29 is 9.59 Å². The van der Waals surface area contributed by atoms with Gasteiger partial charge in [0, 0.05) is 23.1 Å². The monoisotopic (exact) mass is 403 g/mol. The van der Waals surface area contributed by atoms with E-state index in [9.17, 15) is 9.59 Å². The number of halogens is 1. The Balaban J connectivity index is 1.84. The molecule has 5 nitrogen and oxygen atoms in total. The van der Waals surface area contributed by atoms with E-state index in [0.29, 0.717) is 12.1 Å². The summed E-state index contributed by atoms with van der Waals surface area (Å²) in [5.74, 6) is -0.493. The molecule has 0 heterocycles. The molecule has 2 aromatic carbocycles. The maximum atomic E-state index is 12.0. The zero-order valence-corrected chi connectivity index (χ0v) is 16.0. The van der Waals surface area contributed by atoms with Gasteiger partial charge in [-0.1, -0.05) is 46.3 Å². The zero-order valence-electron chi connectivity index (χ0n) is 14.4. The van der Waals surface area contributed by atoms with Crippen LogP contribution in [0, 0.1) is 0 Å². The van der Waals surface area contributed by atoms with Gasteiger partial charge in [0.2, 0.25) is 5.91 Å². The van der Waals surface area contributed by atoms with E-state index in [2.05, 4.69) is 37.5 Å². The predicted octanol–water partition coefficient (Wildman–Crippen LogP) is 2.56. The van der Waals surface area contributed by atoms with Crippen LogP contribution in [0.2, 0.25) is 0 Å². The third-order valence-electron chi connectivity index (χ3n) is 3.58. The molecule has 0 fully saturated rings. The lowest BCUT2D eigenvalue weighted by Gasteiger charge is -2.14. The van der Waals surface area contributed by atoms with Crippen LogP contribution in [-0.4, -0.2) is 37.4 Å². The molecule has 0 spiro atoms. The molecule has 6 heteroatoms. The Morgan fingerprint density at radius 3 is 2.40 bits per heavy atom.